The van der Waals surface area contributed by atoms with Crippen LogP contribution in [0.4, 0.5) is 5.95 Å². The number of anilines is 1. The highest BCUT2D eigenvalue weighted by Crippen LogP contribution is 2.39. The molecule has 150 valence electrons. The molecule has 0 bridgehead atoms. The lowest BCUT2D eigenvalue weighted by Gasteiger charge is -2.38. The van der Waals surface area contributed by atoms with Crippen LogP contribution in [-0.2, 0) is 16.6 Å². The smallest absolute Gasteiger partial charge is 0.227 e. The summed E-state index contributed by atoms with van der Waals surface area (Å²) in [6.07, 6.45) is 8.22. The number of aryl methyl sites for hydroxylation is 1. The largest absolute Gasteiger partial charge is 0.376 e. The molecule has 8 heteroatoms. The van der Waals surface area contributed by atoms with Gasteiger partial charge in [-0.1, -0.05) is 0 Å². The van der Waals surface area contributed by atoms with Gasteiger partial charge in [-0.3, -0.25) is 4.79 Å². The van der Waals surface area contributed by atoms with E-state index in [1.54, 1.807) is 19.4 Å². The predicted molar refractivity (Wildman–Crippen MR) is 105 cm³/mol. The van der Waals surface area contributed by atoms with Gasteiger partial charge in [0.05, 0.1) is 24.7 Å². The maximum Gasteiger partial charge on any atom is 0.227 e. The highest BCUT2D eigenvalue weighted by atomic mass is 16.5. The van der Waals surface area contributed by atoms with Crippen molar-refractivity contribution in [1.82, 2.24) is 24.8 Å². The molecule has 4 atom stereocenters. The first-order valence-electron chi connectivity index (χ1n) is 10.3. The summed E-state index contributed by atoms with van der Waals surface area (Å²) >= 11 is 0. The lowest BCUT2D eigenvalue weighted by Crippen LogP contribution is -2.50. The number of amides is 1. The Labute approximate surface area is 164 Å². The molecule has 3 fully saturated rings. The maximum absolute atomic E-state index is 11.7. The summed E-state index contributed by atoms with van der Waals surface area (Å²) < 4.78 is 8.19. The SMILES string of the molecule is CC(=O)N[C@@H]1C[C@@H]2CN(c3ncc4ncn(C)c4n3)C[C@@H]2C[C@H]1OCC1CC1. The minimum absolute atomic E-state index is 0.0308. The van der Waals surface area contributed by atoms with Crippen LogP contribution in [0, 0.1) is 17.8 Å². The number of carbonyl (C=O) groups is 1. The van der Waals surface area contributed by atoms with E-state index in [0.29, 0.717) is 11.8 Å². The van der Waals surface area contributed by atoms with Crippen LogP contribution in [0.5, 0.6) is 0 Å². The molecule has 1 saturated heterocycles. The second-order valence-electron chi connectivity index (χ2n) is 8.75. The van der Waals surface area contributed by atoms with Crippen molar-refractivity contribution in [2.75, 3.05) is 24.6 Å². The highest BCUT2D eigenvalue weighted by Gasteiger charge is 2.44. The number of hydrogen-bond donors (Lipinski definition) is 1. The lowest BCUT2D eigenvalue weighted by molar-refractivity contribution is -0.122. The number of nitrogens with one attached hydrogen (secondary N) is 1. The molecule has 2 saturated carbocycles. The Morgan fingerprint density at radius 1 is 1.25 bits per heavy atom. The number of hydrogen-bond acceptors (Lipinski definition) is 6. The van der Waals surface area contributed by atoms with Gasteiger partial charge < -0.3 is 19.5 Å². The van der Waals surface area contributed by atoms with Gasteiger partial charge in [-0.2, -0.15) is 4.98 Å². The van der Waals surface area contributed by atoms with Crippen molar-refractivity contribution >= 4 is 23.0 Å². The van der Waals surface area contributed by atoms with Crippen molar-refractivity contribution in [1.29, 1.82) is 0 Å². The van der Waals surface area contributed by atoms with E-state index in [1.165, 1.54) is 12.8 Å². The summed E-state index contributed by atoms with van der Waals surface area (Å²) in [5, 5.41) is 3.15. The fraction of sp³-hybridized carbons (Fsp3) is 0.700. The highest BCUT2D eigenvalue weighted by molar-refractivity contribution is 5.73. The standard InChI is InChI=1S/C20H28N6O2/c1-12(27)23-16-5-14-8-26(9-15(14)6-18(16)28-10-13-3-4-13)20-21-7-17-19(24-20)25(2)11-22-17/h7,11,13-16,18H,3-6,8-10H2,1-2H3,(H,23,27)/t14-,15+,16-,18-/m1/s1. The van der Waals surface area contributed by atoms with Gasteiger partial charge in [0.15, 0.2) is 5.65 Å². The Morgan fingerprint density at radius 3 is 2.79 bits per heavy atom. The van der Waals surface area contributed by atoms with Crippen molar-refractivity contribution in [3.8, 4) is 0 Å². The summed E-state index contributed by atoms with van der Waals surface area (Å²) in [5.41, 5.74) is 1.68. The van der Waals surface area contributed by atoms with Crippen LogP contribution in [0.2, 0.25) is 0 Å². The lowest BCUT2D eigenvalue weighted by atomic mass is 9.77. The van der Waals surface area contributed by atoms with Gasteiger partial charge in [-0.15, -0.1) is 0 Å². The predicted octanol–water partition coefficient (Wildman–Crippen LogP) is 1.51. The Balaban J connectivity index is 1.31. The van der Waals surface area contributed by atoms with Crippen LogP contribution in [0.3, 0.4) is 0 Å². The zero-order valence-corrected chi connectivity index (χ0v) is 16.5. The molecule has 1 aliphatic heterocycles. The molecule has 3 aliphatic rings. The van der Waals surface area contributed by atoms with Gasteiger partial charge in [0.25, 0.3) is 0 Å². The van der Waals surface area contributed by atoms with Crippen LogP contribution < -0.4 is 10.2 Å². The first-order valence-corrected chi connectivity index (χ1v) is 10.3. The Bertz CT molecular complexity index is 879. The van der Waals surface area contributed by atoms with Crippen molar-refractivity contribution in [2.45, 2.75) is 44.8 Å². The van der Waals surface area contributed by atoms with E-state index in [-0.39, 0.29) is 18.1 Å². The minimum atomic E-state index is 0.0308. The van der Waals surface area contributed by atoms with E-state index < -0.39 is 0 Å². The van der Waals surface area contributed by atoms with Gasteiger partial charge in [0.2, 0.25) is 11.9 Å². The molecule has 0 spiro atoms. The first-order chi connectivity index (χ1) is 13.6. The molecule has 1 N–H and O–H groups in total. The van der Waals surface area contributed by atoms with Crippen molar-refractivity contribution in [2.24, 2.45) is 24.8 Å². The van der Waals surface area contributed by atoms with Crippen molar-refractivity contribution < 1.29 is 9.53 Å². The van der Waals surface area contributed by atoms with Crippen LogP contribution in [-0.4, -0.2) is 57.3 Å². The molecule has 8 nitrogen and oxygen atoms in total. The number of rotatable bonds is 5. The molecular weight excluding hydrogens is 356 g/mol. The third-order valence-corrected chi connectivity index (χ3v) is 6.47. The molecule has 2 aromatic rings. The summed E-state index contributed by atoms with van der Waals surface area (Å²) in [7, 11) is 1.95. The fourth-order valence-electron chi connectivity index (χ4n) is 4.78. The van der Waals surface area contributed by atoms with Gasteiger partial charge in [0, 0.05) is 33.7 Å². The van der Waals surface area contributed by atoms with E-state index in [0.717, 1.165) is 55.6 Å². The summed E-state index contributed by atoms with van der Waals surface area (Å²) in [6, 6.07) is 0.109. The molecule has 1 amide bonds. The third-order valence-electron chi connectivity index (χ3n) is 6.47. The average Bonchev–Trinajstić information content (AvgIpc) is 3.30. The molecule has 0 aromatic carbocycles. The topological polar surface area (TPSA) is 85.2 Å². The number of ether oxygens (including phenoxy) is 1. The number of imidazole rings is 1. The quantitative estimate of drug-likeness (QED) is 0.841. The summed E-state index contributed by atoms with van der Waals surface area (Å²) in [4.78, 5) is 27.6. The zero-order valence-electron chi connectivity index (χ0n) is 16.5. The van der Waals surface area contributed by atoms with E-state index >= 15 is 0 Å². The summed E-state index contributed by atoms with van der Waals surface area (Å²) in [5.74, 6) is 2.62. The molecule has 28 heavy (non-hydrogen) atoms. The Kier molecular flexibility index (Phi) is 4.45. The fourth-order valence-corrected chi connectivity index (χ4v) is 4.78. The first kappa shape index (κ1) is 17.8. The van der Waals surface area contributed by atoms with Gasteiger partial charge >= 0.3 is 0 Å². The molecule has 0 radical (unpaired) electrons. The monoisotopic (exact) mass is 384 g/mol. The van der Waals surface area contributed by atoms with Crippen LogP contribution >= 0.6 is 0 Å². The third kappa shape index (κ3) is 3.45. The minimum Gasteiger partial charge on any atom is -0.376 e. The number of nitrogens with zero attached hydrogens (tertiary/aromatic N) is 5. The molecule has 3 heterocycles. The number of carbonyl (C=O) groups excluding carboxylic acids is 1. The Morgan fingerprint density at radius 2 is 2.04 bits per heavy atom. The van der Waals surface area contributed by atoms with Gasteiger partial charge in [-0.25, -0.2) is 9.97 Å². The normalized spacial score (nSPS) is 29.9. The number of fused-ring (bicyclic) bond motifs is 2. The van der Waals surface area contributed by atoms with Crippen molar-refractivity contribution in [3.05, 3.63) is 12.5 Å². The second-order valence-corrected chi connectivity index (χ2v) is 8.75. The summed E-state index contributed by atoms with van der Waals surface area (Å²) in [6.45, 7) is 4.31. The Hall–Kier alpha value is -2.22. The molecular formula is C20H28N6O2. The molecule has 0 unspecified atom stereocenters. The van der Waals surface area contributed by atoms with E-state index in [4.69, 9.17) is 9.72 Å². The van der Waals surface area contributed by atoms with Gasteiger partial charge in [0.1, 0.15) is 5.52 Å². The zero-order chi connectivity index (χ0) is 19.3. The average molecular weight is 384 g/mol. The second kappa shape index (κ2) is 6.99. The van der Waals surface area contributed by atoms with Gasteiger partial charge in [-0.05, 0) is 43.4 Å². The van der Waals surface area contributed by atoms with E-state index in [9.17, 15) is 4.79 Å². The molecule has 2 aliphatic carbocycles. The van der Waals surface area contributed by atoms with Crippen LogP contribution in [0.25, 0.3) is 11.2 Å². The van der Waals surface area contributed by atoms with Crippen LogP contribution in [0.15, 0.2) is 12.5 Å². The molecule has 2 aromatic heterocycles. The van der Waals surface area contributed by atoms with E-state index in [2.05, 4.69) is 20.2 Å². The van der Waals surface area contributed by atoms with Crippen molar-refractivity contribution in [3.63, 3.8) is 0 Å². The van der Waals surface area contributed by atoms with E-state index in [1.807, 2.05) is 11.6 Å². The molecule has 5 rings (SSSR count). The maximum atomic E-state index is 11.7. The number of aromatic nitrogens is 4. The van der Waals surface area contributed by atoms with Crippen LogP contribution in [0.1, 0.15) is 32.6 Å².